The second-order valence-corrected chi connectivity index (χ2v) is 4.32. The van der Waals surface area contributed by atoms with E-state index in [2.05, 4.69) is 15.2 Å². The van der Waals surface area contributed by atoms with E-state index in [9.17, 15) is 0 Å². The highest BCUT2D eigenvalue weighted by Crippen LogP contribution is 2.29. The van der Waals surface area contributed by atoms with Crippen molar-refractivity contribution in [2.24, 2.45) is 0 Å². The van der Waals surface area contributed by atoms with Crippen LogP contribution in [0.2, 0.25) is 0 Å². The first kappa shape index (κ1) is 12.3. The zero-order valence-electron chi connectivity index (χ0n) is 11.1. The van der Waals surface area contributed by atoms with E-state index in [0.717, 1.165) is 22.0 Å². The van der Waals surface area contributed by atoms with E-state index >= 15 is 0 Å². The Hall–Kier alpha value is -2.69. The summed E-state index contributed by atoms with van der Waals surface area (Å²) in [5.74, 6) is 1.14. The van der Waals surface area contributed by atoms with E-state index in [1.165, 1.54) is 0 Å². The monoisotopic (exact) mass is 266 g/mol. The number of benzene rings is 1. The molecule has 0 saturated heterocycles. The Morgan fingerprint density at radius 1 is 1.10 bits per heavy atom. The van der Waals surface area contributed by atoms with Gasteiger partial charge in [-0.05, 0) is 13.0 Å². The summed E-state index contributed by atoms with van der Waals surface area (Å²) < 4.78 is 5.47. The Bertz CT molecular complexity index is 758. The summed E-state index contributed by atoms with van der Waals surface area (Å²) in [7, 11) is 0. The van der Waals surface area contributed by atoms with Crippen LogP contribution in [0.5, 0.6) is 5.75 Å². The molecule has 0 aliphatic carbocycles. The van der Waals surface area contributed by atoms with Crippen LogP contribution in [0.3, 0.4) is 0 Å². The van der Waals surface area contributed by atoms with Gasteiger partial charge < -0.3 is 10.5 Å². The van der Waals surface area contributed by atoms with Crippen molar-refractivity contribution in [3.63, 3.8) is 0 Å². The van der Waals surface area contributed by atoms with Crippen LogP contribution in [-0.4, -0.2) is 21.8 Å². The SMILES string of the molecule is CCOc1cncc(-c2nnc(N)c3ccccc23)c1. The van der Waals surface area contributed by atoms with Gasteiger partial charge in [0.25, 0.3) is 0 Å². The maximum atomic E-state index is 5.87. The Kier molecular flexibility index (Phi) is 3.16. The van der Waals surface area contributed by atoms with Crippen LogP contribution < -0.4 is 10.5 Å². The van der Waals surface area contributed by atoms with E-state index in [0.29, 0.717) is 18.2 Å². The minimum absolute atomic E-state index is 0.429. The Labute approximate surface area is 116 Å². The number of nitrogens with two attached hydrogens (primary N) is 1. The predicted octanol–water partition coefficient (Wildman–Crippen LogP) is 2.67. The summed E-state index contributed by atoms with van der Waals surface area (Å²) >= 11 is 0. The molecule has 0 aliphatic rings. The lowest BCUT2D eigenvalue weighted by Crippen LogP contribution is -1.98. The summed E-state index contributed by atoms with van der Waals surface area (Å²) in [4.78, 5) is 4.18. The summed E-state index contributed by atoms with van der Waals surface area (Å²) in [5.41, 5.74) is 7.48. The van der Waals surface area contributed by atoms with Crippen molar-refractivity contribution in [3.05, 3.63) is 42.7 Å². The van der Waals surface area contributed by atoms with Gasteiger partial charge in [-0.25, -0.2) is 0 Å². The molecule has 2 N–H and O–H groups in total. The van der Waals surface area contributed by atoms with Crippen LogP contribution in [0.4, 0.5) is 5.82 Å². The Morgan fingerprint density at radius 3 is 2.70 bits per heavy atom. The van der Waals surface area contributed by atoms with Crippen LogP contribution in [-0.2, 0) is 0 Å². The lowest BCUT2D eigenvalue weighted by molar-refractivity contribution is 0.339. The largest absolute Gasteiger partial charge is 0.492 e. The minimum Gasteiger partial charge on any atom is -0.492 e. The van der Waals surface area contributed by atoms with Gasteiger partial charge >= 0.3 is 0 Å². The first-order chi connectivity index (χ1) is 9.79. The number of rotatable bonds is 3. The average Bonchev–Trinajstić information content (AvgIpc) is 2.49. The number of nitrogens with zero attached hydrogens (tertiary/aromatic N) is 3. The lowest BCUT2D eigenvalue weighted by atomic mass is 10.1. The lowest BCUT2D eigenvalue weighted by Gasteiger charge is -2.08. The van der Waals surface area contributed by atoms with Crippen LogP contribution >= 0.6 is 0 Å². The van der Waals surface area contributed by atoms with Crippen molar-refractivity contribution in [3.8, 4) is 17.0 Å². The molecule has 3 aromatic rings. The Balaban J connectivity index is 2.19. The number of aromatic nitrogens is 3. The highest BCUT2D eigenvalue weighted by Gasteiger charge is 2.10. The van der Waals surface area contributed by atoms with Crippen molar-refractivity contribution < 1.29 is 4.74 Å². The molecule has 2 aromatic heterocycles. The quantitative estimate of drug-likeness (QED) is 0.789. The van der Waals surface area contributed by atoms with Gasteiger partial charge in [-0.3, -0.25) is 4.98 Å². The highest BCUT2D eigenvalue weighted by atomic mass is 16.5. The fourth-order valence-electron chi connectivity index (χ4n) is 2.13. The summed E-state index contributed by atoms with van der Waals surface area (Å²) in [5, 5.41) is 10.1. The number of hydrogen-bond donors (Lipinski definition) is 1. The predicted molar refractivity (Wildman–Crippen MR) is 78.4 cm³/mol. The van der Waals surface area contributed by atoms with Crippen LogP contribution in [0.1, 0.15) is 6.92 Å². The van der Waals surface area contributed by atoms with Gasteiger partial charge in [0.15, 0.2) is 5.82 Å². The van der Waals surface area contributed by atoms with E-state index in [-0.39, 0.29) is 0 Å². The average molecular weight is 266 g/mol. The molecule has 0 spiro atoms. The molecule has 0 bridgehead atoms. The van der Waals surface area contributed by atoms with Gasteiger partial charge in [-0.1, -0.05) is 24.3 Å². The second kappa shape index (κ2) is 5.13. The van der Waals surface area contributed by atoms with Crippen molar-refractivity contribution in [1.29, 1.82) is 0 Å². The molecule has 1 aromatic carbocycles. The summed E-state index contributed by atoms with van der Waals surface area (Å²) in [6, 6.07) is 9.70. The third-order valence-electron chi connectivity index (χ3n) is 3.01. The molecule has 2 heterocycles. The number of fused-ring (bicyclic) bond motifs is 1. The molecule has 5 heteroatoms. The topological polar surface area (TPSA) is 73.9 Å². The van der Waals surface area contributed by atoms with Crippen LogP contribution in [0.25, 0.3) is 22.0 Å². The number of ether oxygens (including phenoxy) is 1. The highest BCUT2D eigenvalue weighted by molar-refractivity contribution is 5.99. The molecule has 3 rings (SSSR count). The van der Waals surface area contributed by atoms with E-state index in [1.807, 2.05) is 37.3 Å². The Morgan fingerprint density at radius 2 is 1.90 bits per heavy atom. The smallest absolute Gasteiger partial charge is 0.154 e. The van der Waals surface area contributed by atoms with Gasteiger partial charge in [0.1, 0.15) is 11.4 Å². The third kappa shape index (κ3) is 2.14. The minimum atomic E-state index is 0.429. The molecule has 0 unspecified atom stereocenters. The first-order valence-corrected chi connectivity index (χ1v) is 6.38. The van der Waals surface area contributed by atoms with Crippen LogP contribution in [0, 0.1) is 0 Å². The van der Waals surface area contributed by atoms with Gasteiger partial charge in [0.2, 0.25) is 0 Å². The molecule has 0 radical (unpaired) electrons. The van der Waals surface area contributed by atoms with E-state index < -0.39 is 0 Å². The molecular formula is C15H14N4O. The van der Waals surface area contributed by atoms with Crippen molar-refractivity contribution in [1.82, 2.24) is 15.2 Å². The first-order valence-electron chi connectivity index (χ1n) is 6.38. The maximum absolute atomic E-state index is 5.87. The van der Waals surface area contributed by atoms with Crippen molar-refractivity contribution in [2.75, 3.05) is 12.3 Å². The number of pyridine rings is 1. The molecule has 0 atom stereocenters. The summed E-state index contributed by atoms with van der Waals surface area (Å²) in [6.07, 6.45) is 3.43. The molecule has 0 fully saturated rings. The normalized spacial score (nSPS) is 10.7. The maximum Gasteiger partial charge on any atom is 0.154 e. The zero-order chi connectivity index (χ0) is 13.9. The van der Waals surface area contributed by atoms with Crippen molar-refractivity contribution in [2.45, 2.75) is 6.92 Å². The second-order valence-electron chi connectivity index (χ2n) is 4.32. The molecule has 0 saturated carbocycles. The molecule has 20 heavy (non-hydrogen) atoms. The van der Waals surface area contributed by atoms with E-state index in [4.69, 9.17) is 10.5 Å². The fourth-order valence-corrected chi connectivity index (χ4v) is 2.13. The van der Waals surface area contributed by atoms with Gasteiger partial charge in [0, 0.05) is 22.5 Å². The fraction of sp³-hybridized carbons (Fsp3) is 0.133. The van der Waals surface area contributed by atoms with Crippen LogP contribution in [0.15, 0.2) is 42.7 Å². The number of nitrogen functional groups attached to an aromatic ring is 1. The summed E-state index contributed by atoms with van der Waals surface area (Å²) in [6.45, 7) is 2.53. The molecule has 5 nitrogen and oxygen atoms in total. The molecule has 100 valence electrons. The zero-order valence-corrected chi connectivity index (χ0v) is 11.1. The molecular weight excluding hydrogens is 252 g/mol. The van der Waals surface area contributed by atoms with Gasteiger partial charge in [-0.2, -0.15) is 0 Å². The van der Waals surface area contributed by atoms with Crippen molar-refractivity contribution >= 4 is 16.6 Å². The molecule has 0 amide bonds. The standard InChI is InChI=1S/C15H14N4O/c1-2-20-11-7-10(8-17-9-11)14-12-5-3-4-6-13(12)15(16)19-18-14/h3-9H,2H2,1H3,(H2,16,19). The third-order valence-corrected chi connectivity index (χ3v) is 3.01. The number of hydrogen-bond acceptors (Lipinski definition) is 5. The van der Waals surface area contributed by atoms with Gasteiger partial charge in [-0.15, -0.1) is 10.2 Å². The molecule has 0 aliphatic heterocycles. The van der Waals surface area contributed by atoms with Gasteiger partial charge in [0.05, 0.1) is 12.8 Å². The van der Waals surface area contributed by atoms with E-state index in [1.54, 1.807) is 12.4 Å². The number of anilines is 1.